The van der Waals surface area contributed by atoms with Crippen molar-refractivity contribution in [1.82, 2.24) is 19.6 Å². The molecule has 0 aromatic carbocycles. The van der Waals surface area contributed by atoms with Gasteiger partial charge in [-0.15, -0.1) is 0 Å². The van der Waals surface area contributed by atoms with E-state index in [1.54, 1.807) is 0 Å². The summed E-state index contributed by atoms with van der Waals surface area (Å²) in [6, 6.07) is 4.38. The van der Waals surface area contributed by atoms with Gasteiger partial charge in [0.2, 0.25) is 0 Å². The van der Waals surface area contributed by atoms with Gasteiger partial charge in [-0.3, -0.25) is 19.6 Å². The molecule has 0 saturated carbocycles. The summed E-state index contributed by atoms with van der Waals surface area (Å²) in [6.45, 7) is 31.3. The predicted octanol–water partition coefficient (Wildman–Crippen LogP) is 4.15. The minimum atomic E-state index is 0.222. The second-order valence-electron chi connectivity index (χ2n) is 11.1. The third kappa shape index (κ3) is 5.11. The van der Waals surface area contributed by atoms with Crippen LogP contribution in [0.4, 0.5) is 0 Å². The van der Waals surface area contributed by atoms with Crippen LogP contribution in [0.15, 0.2) is 0 Å². The smallest absolute Gasteiger partial charge is 0.0224 e. The van der Waals surface area contributed by atoms with Crippen LogP contribution in [-0.4, -0.2) is 93.6 Å². The van der Waals surface area contributed by atoms with Crippen LogP contribution in [0, 0.1) is 0 Å². The maximum Gasteiger partial charge on any atom is 0.0224 e. The van der Waals surface area contributed by atoms with E-state index in [1.165, 1.54) is 32.6 Å². The van der Waals surface area contributed by atoms with Gasteiger partial charge in [-0.25, -0.2) is 0 Å². The molecule has 166 valence electrons. The molecule has 4 heteroatoms. The van der Waals surface area contributed by atoms with Crippen LogP contribution in [0.2, 0.25) is 0 Å². The van der Waals surface area contributed by atoms with E-state index in [-0.39, 0.29) is 5.54 Å². The van der Waals surface area contributed by atoms with Crippen LogP contribution in [0.3, 0.4) is 0 Å². The summed E-state index contributed by atoms with van der Waals surface area (Å²) in [5.41, 5.74) is 0.222. The summed E-state index contributed by atoms with van der Waals surface area (Å²) in [7, 11) is 0. The van der Waals surface area contributed by atoms with Gasteiger partial charge in [0.15, 0.2) is 0 Å². The van der Waals surface area contributed by atoms with Gasteiger partial charge in [-0.2, -0.15) is 0 Å². The molecule has 5 atom stereocenters. The highest BCUT2D eigenvalue weighted by molar-refractivity contribution is 4.98. The topological polar surface area (TPSA) is 13.0 Å². The van der Waals surface area contributed by atoms with E-state index in [0.717, 1.165) is 0 Å². The summed E-state index contributed by atoms with van der Waals surface area (Å²) in [6.07, 6.45) is 1.24. The molecule has 0 aromatic heterocycles. The predicted molar refractivity (Wildman–Crippen MR) is 123 cm³/mol. The van der Waals surface area contributed by atoms with Crippen molar-refractivity contribution >= 4 is 0 Å². The Morgan fingerprint density at radius 3 is 1.68 bits per heavy atom. The highest BCUT2D eigenvalue weighted by Gasteiger charge is 2.42. The van der Waals surface area contributed by atoms with Gasteiger partial charge in [-0.05, 0) is 82.6 Å². The van der Waals surface area contributed by atoms with Crippen LogP contribution < -0.4 is 0 Å². The van der Waals surface area contributed by atoms with E-state index in [4.69, 9.17) is 0 Å². The fourth-order valence-corrected chi connectivity index (χ4v) is 6.47. The average molecular weight is 395 g/mol. The molecule has 2 aliphatic rings. The Bertz CT molecular complexity index is 477. The molecule has 2 rings (SSSR count). The van der Waals surface area contributed by atoms with Crippen LogP contribution in [0.1, 0.15) is 82.6 Å². The lowest BCUT2D eigenvalue weighted by Gasteiger charge is -2.55. The second kappa shape index (κ2) is 9.32. The third-order valence-corrected chi connectivity index (χ3v) is 7.76. The van der Waals surface area contributed by atoms with Crippen molar-refractivity contribution in [2.24, 2.45) is 0 Å². The minimum Gasteiger partial charge on any atom is -0.298 e. The van der Waals surface area contributed by atoms with Crippen molar-refractivity contribution in [3.63, 3.8) is 0 Å². The number of rotatable bonds is 6. The van der Waals surface area contributed by atoms with Crippen LogP contribution in [-0.2, 0) is 0 Å². The molecule has 0 N–H and O–H groups in total. The van der Waals surface area contributed by atoms with E-state index in [2.05, 4.69) is 95.8 Å². The zero-order valence-corrected chi connectivity index (χ0v) is 20.9. The summed E-state index contributed by atoms with van der Waals surface area (Å²) >= 11 is 0. The van der Waals surface area contributed by atoms with Gasteiger partial charge in [0.05, 0.1) is 0 Å². The van der Waals surface area contributed by atoms with Crippen molar-refractivity contribution in [2.45, 2.75) is 130 Å². The lowest BCUT2D eigenvalue weighted by molar-refractivity contribution is -0.0615. The van der Waals surface area contributed by atoms with Gasteiger partial charge in [0.1, 0.15) is 0 Å². The van der Waals surface area contributed by atoms with E-state index in [0.29, 0.717) is 42.3 Å². The number of hydrogen-bond donors (Lipinski definition) is 0. The first-order valence-corrected chi connectivity index (χ1v) is 11.9. The Hall–Kier alpha value is -0.160. The zero-order chi connectivity index (χ0) is 21.4. The maximum absolute atomic E-state index is 2.82. The van der Waals surface area contributed by atoms with Gasteiger partial charge in [-0.1, -0.05) is 0 Å². The fourth-order valence-electron chi connectivity index (χ4n) is 6.47. The molecule has 0 bridgehead atoms. The normalized spacial score (nSPS) is 33.8. The molecule has 28 heavy (non-hydrogen) atoms. The largest absolute Gasteiger partial charge is 0.298 e. The van der Waals surface area contributed by atoms with Crippen molar-refractivity contribution in [3.8, 4) is 0 Å². The molecule has 1 unspecified atom stereocenters. The van der Waals surface area contributed by atoms with Gasteiger partial charge < -0.3 is 0 Å². The monoisotopic (exact) mass is 394 g/mol. The molecule has 0 aromatic rings. The lowest BCUT2D eigenvalue weighted by atomic mass is 9.87. The van der Waals surface area contributed by atoms with E-state index < -0.39 is 0 Å². The Labute approximate surface area is 176 Å². The quantitative estimate of drug-likeness (QED) is 0.671. The molecular weight excluding hydrogens is 344 g/mol. The number of nitrogens with zero attached hydrogens (tertiary/aromatic N) is 4. The zero-order valence-electron chi connectivity index (χ0n) is 20.9. The summed E-state index contributed by atoms with van der Waals surface area (Å²) < 4.78 is 0. The summed E-state index contributed by atoms with van der Waals surface area (Å²) in [5, 5.41) is 0. The van der Waals surface area contributed by atoms with Crippen molar-refractivity contribution in [3.05, 3.63) is 0 Å². The Kier molecular flexibility index (Phi) is 8.03. The van der Waals surface area contributed by atoms with Gasteiger partial charge in [0, 0.05) is 74.0 Å². The van der Waals surface area contributed by atoms with Crippen molar-refractivity contribution in [2.75, 3.05) is 26.2 Å². The van der Waals surface area contributed by atoms with E-state index in [1.807, 2.05) is 0 Å². The molecule has 0 radical (unpaired) electrons. The highest BCUT2D eigenvalue weighted by atomic mass is 15.4. The van der Waals surface area contributed by atoms with E-state index >= 15 is 0 Å². The van der Waals surface area contributed by atoms with Gasteiger partial charge >= 0.3 is 0 Å². The maximum atomic E-state index is 2.82. The first-order valence-electron chi connectivity index (χ1n) is 11.9. The van der Waals surface area contributed by atoms with Crippen LogP contribution in [0.25, 0.3) is 0 Å². The summed E-state index contributed by atoms with van der Waals surface area (Å²) in [5.74, 6) is 0. The lowest BCUT2D eigenvalue weighted by Crippen LogP contribution is -2.66. The molecular formula is C24H50N4. The summed E-state index contributed by atoms with van der Waals surface area (Å²) in [4.78, 5) is 10.9. The molecule has 4 nitrogen and oxygen atoms in total. The second-order valence-corrected chi connectivity index (χ2v) is 11.1. The van der Waals surface area contributed by atoms with Crippen LogP contribution >= 0.6 is 0 Å². The van der Waals surface area contributed by atoms with E-state index in [9.17, 15) is 0 Å². The number of piperazine rings is 2. The molecule has 2 aliphatic heterocycles. The Morgan fingerprint density at radius 1 is 0.750 bits per heavy atom. The standard InChI is InChI=1S/C24H50N4/c1-17(2)25-15-20(6)28(21(7)16-25)24(10,11)14-19(5)27-13-12-26(18(3)4)22(8)23(27)9/h17-23H,12-16H2,1-11H3/t19?,20-,21+,22-,23+/m1/s1. The van der Waals surface area contributed by atoms with Crippen LogP contribution in [0.5, 0.6) is 0 Å². The first kappa shape index (κ1) is 24.1. The SMILES string of the molecule is CC(C)N1C[C@@H](C)N(C(C)(C)CC(C)N2CCN(C(C)C)[C@H](C)[C@@H]2C)[C@@H](C)C1. The molecule has 2 saturated heterocycles. The highest BCUT2D eigenvalue weighted by Crippen LogP contribution is 2.32. The third-order valence-electron chi connectivity index (χ3n) is 7.76. The average Bonchev–Trinajstić information content (AvgIpc) is 2.55. The minimum absolute atomic E-state index is 0.222. The molecule has 0 aliphatic carbocycles. The Balaban J connectivity index is 2.05. The van der Waals surface area contributed by atoms with Crippen molar-refractivity contribution in [1.29, 1.82) is 0 Å². The molecule has 0 amide bonds. The van der Waals surface area contributed by atoms with Gasteiger partial charge in [0.25, 0.3) is 0 Å². The molecule has 0 spiro atoms. The van der Waals surface area contributed by atoms with Crippen molar-refractivity contribution < 1.29 is 0 Å². The molecule has 2 heterocycles. The Morgan fingerprint density at radius 2 is 1.21 bits per heavy atom. The molecule has 2 fully saturated rings. The number of hydrogen-bond acceptors (Lipinski definition) is 4. The fraction of sp³-hybridized carbons (Fsp3) is 1.00. The first-order chi connectivity index (χ1) is 12.9.